The molecule has 0 bridgehead atoms. The molecule has 0 aromatic heterocycles. The fourth-order valence-corrected chi connectivity index (χ4v) is 3.80. The van der Waals surface area contributed by atoms with E-state index >= 15 is 0 Å². The van der Waals surface area contributed by atoms with Crippen molar-refractivity contribution in [2.75, 3.05) is 11.4 Å². The van der Waals surface area contributed by atoms with Crippen LogP contribution in [0.15, 0.2) is 77.9 Å². The first-order chi connectivity index (χ1) is 16.0. The lowest BCUT2D eigenvalue weighted by Crippen LogP contribution is -2.30. The predicted molar refractivity (Wildman–Crippen MR) is 130 cm³/mol. The number of carbonyl (C=O) groups is 2. The number of halogens is 2. The number of benzene rings is 3. The fourth-order valence-electron chi connectivity index (χ4n) is 3.48. The third-order valence-corrected chi connectivity index (χ3v) is 5.94. The molecule has 2 amide bonds. The highest BCUT2D eigenvalue weighted by atomic mass is 35.5. The topological polar surface area (TPSA) is 71.0 Å². The first-order valence-corrected chi connectivity index (χ1v) is 11.1. The standard InChI is InChI=1S/C25H21Cl2N3O3/c26-22-10-9-18(12-23(22)27)16-33-21-8-4-5-17(11-21)14-28-29-25(32)19-13-24(31)30(15-19)20-6-2-1-3-7-20/h1-12,14,19H,13,15-16H2,(H,29,32)/b28-14-/t19-/m0/s1. The minimum absolute atomic E-state index is 0.0721. The average molecular weight is 482 g/mol. The second-order valence-electron chi connectivity index (χ2n) is 7.58. The van der Waals surface area contributed by atoms with E-state index in [1.165, 1.54) is 6.21 Å². The predicted octanol–water partition coefficient (Wildman–Crippen LogP) is 5.08. The van der Waals surface area contributed by atoms with Gasteiger partial charge in [-0.2, -0.15) is 5.10 Å². The van der Waals surface area contributed by atoms with Gasteiger partial charge in [-0.05, 0) is 47.5 Å². The Balaban J connectivity index is 1.30. The van der Waals surface area contributed by atoms with E-state index in [2.05, 4.69) is 10.5 Å². The van der Waals surface area contributed by atoms with Gasteiger partial charge in [0.25, 0.3) is 0 Å². The second-order valence-corrected chi connectivity index (χ2v) is 8.40. The van der Waals surface area contributed by atoms with E-state index < -0.39 is 5.92 Å². The first kappa shape index (κ1) is 22.8. The van der Waals surface area contributed by atoms with Gasteiger partial charge in [0, 0.05) is 18.7 Å². The molecule has 0 spiro atoms. The molecule has 1 atom stereocenters. The Bertz CT molecular complexity index is 1180. The van der Waals surface area contributed by atoms with Gasteiger partial charge in [0.2, 0.25) is 11.8 Å². The number of anilines is 1. The molecule has 1 N–H and O–H groups in total. The molecule has 1 aliphatic heterocycles. The SMILES string of the molecule is O=C(N/N=C\c1cccc(OCc2ccc(Cl)c(Cl)c2)c1)[C@H]1CC(=O)N(c2ccccc2)C1. The smallest absolute Gasteiger partial charge is 0.245 e. The van der Waals surface area contributed by atoms with Crippen molar-refractivity contribution in [1.29, 1.82) is 0 Å². The lowest BCUT2D eigenvalue weighted by molar-refractivity contribution is -0.126. The highest BCUT2D eigenvalue weighted by Gasteiger charge is 2.34. The second kappa shape index (κ2) is 10.5. The van der Waals surface area contributed by atoms with Crippen molar-refractivity contribution in [2.24, 2.45) is 11.0 Å². The Kier molecular flexibility index (Phi) is 7.27. The summed E-state index contributed by atoms with van der Waals surface area (Å²) < 4.78 is 5.81. The van der Waals surface area contributed by atoms with Gasteiger partial charge in [-0.25, -0.2) is 5.43 Å². The molecule has 1 saturated heterocycles. The van der Waals surface area contributed by atoms with E-state index in [4.69, 9.17) is 27.9 Å². The first-order valence-electron chi connectivity index (χ1n) is 10.3. The molecule has 33 heavy (non-hydrogen) atoms. The Morgan fingerprint density at radius 3 is 2.67 bits per heavy atom. The van der Waals surface area contributed by atoms with Crippen LogP contribution < -0.4 is 15.1 Å². The number of para-hydroxylation sites is 1. The van der Waals surface area contributed by atoms with Crippen molar-refractivity contribution in [3.8, 4) is 5.75 Å². The molecule has 168 valence electrons. The monoisotopic (exact) mass is 481 g/mol. The van der Waals surface area contributed by atoms with Crippen LogP contribution in [0.1, 0.15) is 17.5 Å². The van der Waals surface area contributed by atoms with Crippen molar-refractivity contribution < 1.29 is 14.3 Å². The zero-order valence-electron chi connectivity index (χ0n) is 17.6. The number of rotatable bonds is 7. The summed E-state index contributed by atoms with van der Waals surface area (Å²) in [5.41, 5.74) is 4.98. The summed E-state index contributed by atoms with van der Waals surface area (Å²) in [6, 6.07) is 22.0. The Morgan fingerprint density at radius 1 is 1.06 bits per heavy atom. The Morgan fingerprint density at radius 2 is 1.88 bits per heavy atom. The molecule has 6 nitrogen and oxygen atoms in total. The summed E-state index contributed by atoms with van der Waals surface area (Å²) in [6.07, 6.45) is 1.70. The molecule has 1 heterocycles. The van der Waals surface area contributed by atoms with Crippen LogP contribution in [-0.2, 0) is 16.2 Å². The van der Waals surface area contributed by atoms with Gasteiger partial charge in [-0.1, -0.05) is 59.6 Å². The molecule has 3 aromatic rings. The zero-order valence-corrected chi connectivity index (χ0v) is 19.1. The van der Waals surface area contributed by atoms with Gasteiger partial charge in [-0.3, -0.25) is 9.59 Å². The van der Waals surface area contributed by atoms with Crippen LogP contribution in [0.3, 0.4) is 0 Å². The quantitative estimate of drug-likeness (QED) is 0.378. The molecule has 0 aliphatic carbocycles. The largest absolute Gasteiger partial charge is 0.489 e. The van der Waals surface area contributed by atoms with Crippen molar-refractivity contribution in [3.63, 3.8) is 0 Å². The molecule has 1 fully saturated rings. The molecule has 8 heteroatoms. The number of ether oxygens (including phenoxy) is 1. The fraction of sp³-hybridized carbons (Fsp3) is 0.160. The van der Waals surface area contributed by atoms with E-state index in [0.717, 1.165) is 16.8 Å². The molecule has 3 aromatic carbocycles. The van der Waals surface area contributed by atoms with Crippen molar-refractivity contribution in [1.82, 2.24) is 5.43 Å². The van der Waals surface area contributed by atoms with Crippen molar-refractivity contribution in [2.45, 2.75) is 13.0 Å². The third-order valence-electron chi connectivity index (χ3n) is 5.20. The number of hydrogen-bond donors (Lipinski definition) is 1. The summed E-state index contributed by atoms with van der Waals surface area (Å²) in [6.45, 7) is 0.671. The molecular weight excluding hydrogens is 461 g/mol. The minimum Gasteiger partial charge on any atom is -0.489 e. The van der Waals surface area contributed by atoms with Gasteiger partial charge in [-0.15, -0.1) is 0 Å². The number of hydrazone groups is 1. The van der Waals surface area contributed by atoms with Gasteiger partial charge in [0.05, 0.1) is 22.2 Å². The van der Waals surface area contributed by atoms with Gasteiger partial charge in [0.1, 0.15) is 12.4 Å². The summed E-state index contributed by atoms with van der Waals surface area (Å²) >= 11 is 12.0. The van der Waals surface area contributed by atoms with Crippen LogP contribution in [0.25, 0.3) is 0 Å². The summed E-state index contributed by atoms with van der Waals surface area (Å²) in [5, 5.41) is 5.02. The molecule has 0 saturated carbocycles. The highest BCUT2D eigenvalue weighted by molar-refractivity contribution is 6.42. The normalized spacial score (nSPS) is 15.8. The van der Waals surface area contributed by atoms with Crippen LogP contribution in [0.2, 0.25) is 10.0 Å². The zero-order chi connectivity index (χ0) is 23.2. The summed E-state index contributed by atoms with van der Waals surface area (Å²) in [7, 11) is 0. The van der Waals surface area contributed by atoms with Crippen LogP contribution in [0.5, 0.6) is 5.75 Å². The maximum absolute atomic E-state index is 12.5. The molecule has 0 unspecified atom stereocenters. The lowest BCUT2D eigenvalue weighted by atomic mass is 10.1. The average Bonchev–Trinajstić information content (AvgIpc) is 3.22. The van der Waals surface area contributed by atoms with Crippen LogP contribution in [0, 0.1) is 5.92 Å². The van der Waals surface area contributed by atoms with E-state index in [1.807, 2.05) is 60.7 Å². The van der Waals surface area contributed by atoms with E-state index in [-0.39, 0.29) is 18.2 Å². The molecular formula is C25H21Cl2N3O3. The number of amides is 2. The van der Waals surface area contributed by atoms with Gasteiger partial charge < -0.3 is 9.64 Å². The highest BCUT2D eigenvalue weighted by Crippen LogP contribution is 2.25. The number of hydrogen-bond acceptors (Lipinski definition) is 4. The van der Waals surface area contributed by atoms with Crippen molar-refractivity contribution in [3.05, 3.63) is 94.0 Å². The summed E-state index contributed by atoms with van der Waals surface area (Å²) in [4.78, 5) is 26.4. The van der Waals surface area contributed by atoms with E-state index in [9.17, 15) is 9.59 Å². The Hall–Kier alpha value is -3.35. The Labute approximate surface area is 201 Å². The van der Waals surface area contributed by atoms with Crippen molar-refractivity contribution >= 4 is 46.9 Å². The van der Waals surface area contributed by atoms with Gasteiger partial charge >= 0.3 is 0 Å². The van der Waals surface area contributed by atoms with Crippen LogP contribution >= 0.6 is 23.2 Å². The van der Waals surface area contributed by atoms with Crippen LogP contribution in [-0.4, -0.2) is 24.6 Å². The number of carbonyl (C=O) groups excluding carboxylic acids is 2. The molecule has 1 aliphatic rings. The maximum Gasteiger partial charge on any atom is 0.245 e. The molecule has 0 radical (unpaired) electrons. The molecule has 4 rings (SSSR count). The summed E-state index contributed by atoms with van der Waals surface area (Å²) in [5.74, 6) is -0.158. The minimum atomic E-state index is -0.448. The van der Waals surface area contributed by atoms with Gasteiger partial charge in [0.15, 0.2) is 0 Å². The van der Waals surface area contributed by atoms with Crippen LogP contribution in [0.4, 0.5) is 5.69 Å². The van der Waals surface area contributed by atoms with E-state index in [1.54, 1.807) is 17.0 Å². The number of nitrogens with one attached hydrogen (secondary N) is 1. The number of nitrogens with zero attached hydrogens (tertiary/aromatic N) is 2. The maximum atomic E-state index is 12.5. The van der Waals surface area contributed by atoms with E-state index in [0.29, 0.717) is 28.9 Å². The third kappa shape index (κ3) is 5.92. The lowest BCUT2D eigenvalue weighted by Gasteiger charge is -2.16.